The number of phosphoric ester groups is 2. The van der Waals surface area contributed by atoms with Crippen LogP contribution in [0.25, 0.3) is 0 Å². The molecule has 14 N–H and O–H groups in total. The number of H-pyrrole nitrogens is 1. The second-order valence-corrected chi connectivity index (χ2v) is 26.0. The lowest BCUT2D eigenvalue weighted by Crippen LogP contribution is -2.46. The van der Waals surface area contributed by atoms with Crippen molar-refractivity contribution in [2.24, 2.45) is 10.8 Å². The number of carbonyl (C=O) groups is 4. The molecular weight excluding hydrogens is 1300 g/mol. The molecule has 42 heteroatoms. The van der Waals surface area contributed by atoms with Gasteiger partial charge in [0, 0.05) is 36.8 Å². The molecule has 514 valence electrons. The van der Waals surface area contributed by atoms with Gasteiger partial charge in [-0.3, -0.25) is 42.6 Å². The molecule has 3 fully saturated rings. The fourth-order valence-electron chi connectivity index (χ4n) is 6.85. The first kappa shape index (κ1) is 82.8. The number of aliphatic hydroxyl groups is 7. The highest BCUT2D eigenvalue weighted by Crippen LogP contribution is 2.66. The van der Waals surface area contributed by atoms with Crippen LogP contribution in [0.4, 0.5) is 0 Å². The number of aromatic amines is 1. The van der Waals surface area contributed by atoms with E-state index in [1.165, 1.54) is 34.4 Å². The number of aliphatic hydroxyl groups excluding tert-OH is 7. The molecule has 0 aromatic carbocycles. The van der Waals surface area contributed by atoms with Crippen LogP contribution in [0.5, 0.6) is 0 Å². The molecule has 1 aromatic rings. The normalized spacial score (nSPS) is 26.9. The smallest absolute Gasteiger partial charge is 0.437 e. The van der Waals surface area contributed by atoms with Gasteiger partial charge in [-0.05, 0) is 48.5 Å². The van der Waals surface area contributed by atoms with E-state index in [0.29, 0.717) is 4.57 Å². The van der Waals surface area contributed by atoms with E-state index in [9.17, 15) is 82.6 Å². The van der Waals surface area contributed by atoms with Gasteiger partial charge in [0.1, 0.15) is 66.6 Å². The topological polar surface area (TPSA) is 546 Å². The van der Waals surface area contributed by atoms with Crippen LogP contribution in [-0.4, -0.2) is 199 Å². The number of carbonyl (C=O) groups excluding carboxylic acids is 4. The summed E-state index contributed by atoms with van der Waals surface area (Å²) in [5, 5.41) is 74.0. The SMILES string of the molecule is C#CC.C=C1NC(=O)C=CN1[C@@H]1O[C@H](CO)[C@H](O)C1O.C=C1NC(=O)C=CN1[C@@H]1O[C@H](COP(=O)(OCOC(=O)C(C)(C)C)OCOC(=O)C(C)(C)C)[C@H](O)C1O.CC.CC.O=c1ccn([C@@H]2O[C@H](COP(=O)(O)OP(=O)(O)OP(=O)(O)O)[C@H](O)C2O)c(=O)[nH]1. The number of phosphoric acid groups is 4. The number of hydrogen-bond acceptors (Lipinski definition) is 30. The maximum absolute atomic E-state index is 13.2. The number of ether oxygens (including phenoxy) is 5. The summed E-state index contributed by atoms with van der Waals surface area (Å²) in [5.74, 6) is 0.541. The third kappa shape index (κ3) is 26.1. The minimum atomic E-state index is -5.73. The molecular formula is C48H80N6O32P4. The second kappa shape index (κ2) is 36.3. The van der Waals surface area contributed by atoms with E-state index in [0.717, 1.165) is 12.3 Å². The maximum Gasteiger partial charge on any atom is 0.490 e. The molecule has 6 rings (SSSR count). The van der Waals surface area contributed by atoms with E-state index in [1.54, 1.807) is 48.5 Å². The molecule has 5 aliphatic rings. The van der Waals surface area contributed by atoms with Crippen LogP contribution < -0.4 is 21.9 Å². The Morgan fingerprint density at radius 2 is 1.00 bits per heavy atom. The zero-order chi connectivity index (χ0) is 69.7. The Morgan fingerprint density at radius 3 is 1.37 bits per heavy atom. The Labute approximate surface area is 515 Å². The standard InChI is InChI=1S/C22H35N2O12P.C10H14N2O5.C9H15N2O15P3.C3H4.2C2H6/c1-13-23-15(25)8-9-24(13)18-17(27)16(26)14(36-18)10-33-37(30,34-11-31-19(28)21(2,3)4)35-12-32-20(29)22(5,6)7;1-5-11-7(14)2-3-12(5)10-9(16)8(15)6(4-13)17-10;12-5-1-2-11(9(15)10-5)8-7(14)6(13)4(24-8)3-23-28(19,20)26-29(21,22)25-27(16,17)18;1-3-2;2*1-2/h8-9,14,16-18,26-27H,1,10-12H2,2-7H3,(H,23,25);2-3,6,8-10,13,15-16H,1,4H2,(H,11,14);1-2,4,6-8,13-14H,3H2,(H,19,20)(H,21,22)(H,10,12,15)(H2,16,17,18);1H,2H3;2*1-2H3/t14-,16+,17?,18-;6-,8+,9?,10-;4-,6+,7?,8-;;;/m111.../s1. The van der Waals surface area contributed by atoms with Gasteiger partial charge in [0.05, 0.1) is 30.7 Å². The van der Waals surface area contributed by atoms with Gasteiger partial charge >= 0.3 is 48.9 Å². The molecule has 14 atom stereocenters. The first-order valence-electron chi connectivity index (χ1n) is 26.4. The molecule has 0 saturated carbocycles. The van der Waals surface area contributed by atoms with Crippen molar-refractivity contribution in [1.82, 2.24) is 30.0 Å². The molecule has 0 spiro atoms. The molecule has 1 aromatic heterocycles. The summed E-state index contributed by atoms with van der Waals surface area (Å²) < 4.78 is 99.9. The molecule has 38 nitrogen and oxygen atoms in total. The number of esters is 2. The highest BCUT2D eigenvalue weighted by molar-refractivity contribution is 7.66. The minimum Gasteiger partial charge on any atom is -0.437 e. The third-order valence-corrected chi connectivity index (χ3v) is 16.1. The van der Waals surface area contributed by atoms with Crippen molar-refractivity contribution < 1.29 is 143 Å². The van der Waals surface area contributed by atoms with Crippen molar-refractivity contribution in [3.8, 4) is 12.3 Å². The van der Waals surface area contributed by atoms with Gasteiger partial charge in [-0.2, -0.15) is 8.62 Å². The van der Waals surface area contributed by atoms with Gasteiger partial charge in [-0.15, -0.1) is 12.3 Å². The van der Waals surface area contributed by atoms with Crippen molar-refractivity contribution in [3.63, 3.8) is 0 Å². The molecule has 6 heterocycles. The molecule has 3 saturated heterocycles. The van der Waals surface area contributed by atoms with E-state index in [-0.39, 0.29) is 17.5 Å². The van der Waals surface area contributed by atoms with Crippen molar-refractivity contribution >= 4 is 55.0 Å². The largest absolute Gasteiger partial charge is 0.490 e. The van der Waals surface area contributed by atoms with Gasteiger partial charge in [0.15, 0.2) is 18.7 Å². The van der Waals surface area contributed by atoms with E-state index in [1.807, 2.05) is 32.7 Å². The number of hydrogen-bond donors (Lipinski definition) is 14. The van der Waals surface area contributed by atoms with Gasteiger partial charge in [-0.25, -0.2) is 32.1 Å². The van der Waals surface area contributed by atoms with Crippen LogP contribution in [0.15, 0.2) is 71.2 Å². The second-order valence-electron chi connectivity index (χ2n) is 19.9. The molecule has 90 heavy (non-hydrogen) atoms. The van der Waals surface area contributed by atoms with Crippen LogP contribution in [0.2, 0.25) is 0 Å². The van der Waals surface area contributed by atoms with E-state index >= 15 is 0 Å². The minimum absolute atomic E-state index is 0.101. The fraction of sp³-hybridized carbons (Fsp3) is 0.625. The zero-order valence-electron chi connectivity index (χ0n) is 50.5. The molecule has 0 bridgehead atoms. The first-order valence-corrected chi connectivity index (χ1v) is 32.4. The van der Waals surface area contributed by atoms with Crippen LogP contribution in [0, 0.1) is 23.2 Å². The Morgan fingerprint density at radius 1 is 0.622 bits per heavy atom. The summed E-state index contributed by atoms with van der Waals surface area (Å²) in [5.41, 5.74) is -3.47. The number of amides is 2. The van der Waals surface area contributed by atoms with Gasteiger partial charge in [0.25, 0.3) is 17.4 Å². The first-order chi connectivity index (χ1) is 41.5. The third-order valence-electron chi connectivity index (χ3n) is 11.0. The van der Waals surface area contributed by atoms with Gasteiger partial charge in [-0.1, -0.05) is 40.9 Å². The fourth-order valence-corrected chi connectivity index (χ4v) is 10.8. The number of terminal acetylenes is 1. The zero-order valence-corrected chi connectivity index (χ0v) is 54.1. The predicted molar refractivity (Wildman–Crippen MR) is 306 cm³/mol. The average Bonchev–Trinajstić information content (AvgIpc) is 1.68. The van der Waals surface area contributed by atoms with Crippen molar-refractivity contribution in [2.45, 2.75) is 150 Å². The molecule has 5 aliphatic heterocycles. The van der Waals surface area contributed by atoms with Crippen LogP contribution >= 0.6 is 31.3 Å². The summed E-state index contributed by atoms with van der Waals surface area (Å²) >= 11 is 0. The van der Waals surface area contributed by atoms with Crippen LogP contribution in [-0.2, 0) is 87.8 Å². The predicted octanol–water partition coefficient (Wildman–Crippen LogP) is -0.866. The van der Waals surface area contributed by atoms with E-state index in [4.69, 9.17) is 57.0 Å². The molecule has 0 radical (unpaired) electrons. The van der Waals surface area contributed by atoms with Gasteiger partial charge in [0.2, 0.25) is 13.6 Å². The number of nitrogens with zero attached hydrogens (tertiary/aromatic N) is 3. The summed E-state index contributed by atoms with van der Waals surface area (Å²) in [6.45, 7) is 22.9. The maximum atomic E-state index is 13.2. The van der Waals surface area contributed by atoms with Crippen LogP contribution in [0.1, 0.15) is 82.4 Å². The number of aromatic nitrogens is 2. The van der Waals surface area contributed by atoms with E-state index in [2.05, 4.69) is 49.3 Å². The molecule has 2 amide bonds. The number of rotatable bonds is 20. The summed E-state index contributed by atoms with van der Waals surface area (Å²) in [7, 11) is -21.3. The highest BCUT2D eigenvalue weighted by atomic mass is 31.3. The molecule has 5 unspecified atom stereocenters. The Balaban J connectivity index is 0.000000675. The average molecular weight is 1380 g/mol. The Bertz CT molecular complexity index is 2970. The lowest BCUT2D eigenvalue weighted by molar-refractivity contribution is -0.164. The van der Waals surface area contributed by atoms with Crippen LogP contribution in [0.3, 0.4) is 0 Å². The summed E-state index contributed by atoms with van der Waals surface area (Å²) in [4.78, 5) is 109. The van der Waals surface area contributed by atoms with Crippen molar-refractivity contribution in [1.29, 1.82) is 0 Å². The summed E-state index contributed by atoms with van der Waals surface area (Å²) in [6.07, 6.45) is -5.42. The van der Waals surface area contributed by atoms with Crippen molar-refractivity contribution in [2.75, 3.05) is 33.4 Å². The monoisotopic (exact) mass is 1380 g/mol. The lowest BCUT2D eigenvalue weighted by Gasteiger charge is -2.32. The van der Waals surface area contributed by atoms with Crippen molar-refractivity contribution in [3.05, 3.63) is 82.5 Å². The molecule has 0 aliphatic carbocycles. The van der Waals surface area contributed by atoms with E-state index < -0.39 is 178 Å². The highest BCUT2D eigenvalue weighted by Gasteiger charge is 2.50. The Kier molecular flexibility index (Phi) is 33.4. The quantitative estimate of drug-likeness (QED) is 0.0327. The number of nitrogens with one attached hydrogen (secondary N) is 3. The summed E-state index contributed by atoms with van der Waals surface area (Å²) in [6, 6.07) is 0.920. The van der Waals surface area contributed by atoms with Gasteiger partial charge < -0.3 is 99.4 Å². The Hall–Kier alpha value is -5.20. The lowest BCUT2D eigenvalue weighted by atomic mass is 9.98.